The number of phenolic OH excluding ortho intramolecular Hbond substituents is 1. The number of carboxylic acid groups (broad SMARTS) is 1. The van der Waals surface area contributed by atoms with E-state index in [0.29, 0.717) is 11.1 Å². The minimum absolute atomic E-state index is 0.0262. The summed E-state index contributed by atoms with van der Waals surface area (Å²) in [5.41, 5.74) is 1.05. The van der Waals surface area contributed by atoms with Gasteiger partial charge in [0.05, 0.1) is 5.56 Å². The van der Waals surface area contributed by atoms with E-state index in [1.807, 2.05) is 0 Å². The molecular formula is C15H12O4. The van der Waals surface area contributed by atoms with Gasteiger partial charge in [0.2, 0.25) is 0 Å². The van der Waals surface area contributed by atoms with Gasteiger partial charge in [-0.25, -0.2) is 4.79 Å². The van der Waals surface area contributed by atoms with Gasteiger partial charge in [0.25, 0.3) is 0 Å². The van der Waals surface area contributed by atoms with E-state index in [1.54, 1.807) is 25.1 Å². The Morgan fingerprint density at radius 2 is 1.58 bits per heavy atom. The average molecular weight is 256 g/mol. The fraction of sp³-hybridized carbons (Fsp3) is 0.0667. The molecule has 0 spiro atoms. The van der Waals surface area contributed by atoms with Crippen LogP contribution in [0.1, 0.15) is 31.8 Å². The normalized spacial score (nSPS) is 10.2. The number of rotatable bonds is 3. The number of carboxylic acids is 1. The smallest absolute Gasteiger partial charge is 0.336 e. The molecule has 4 nitrogen and oxygen atoms in total. The molecule has 0 amide bonds. The predicted molar refractivity (Wildman–Crippen MR) is 69.7 cm³/mol. The van der Waals surface area contributed by atoms with Crippen LogP contribution >= 0.6 is 0 Å². The zero-order valence-corrected chi connectivity index (χ0v) is 10.3. The number of carbonyl (C=O) groups is 2. The fourth-order valence-corrected chi connectivity index (χ4v) is 1.87. The van der Waals surface area contributed by atoms with Crippen LogP contribution in [0.5, 0.6) is 5.75 Å². The summed E-state index contributed by atoms with van der Waals surface area (Å²) in [6.45, 7) is 1.73. The number of benzene rings is 2. The lowest BCUT2D eigenvalue weighted by Crippen LogP contribution is -2.10. The molecule has 4 heteroatoms. The summed E-state index contributed by atoms with van der Waals surface area (Å²) in [6, 6.07) is 10.5. The molecule has 0 aromatic heterocycles. The molecule has 0 aliphatic carbocycles. The largest absolute Gasteiger partial charge is 0.508 e. The Balaban J connectivity index is 2.56. The summed E-state index contributed by atoms with van der Waals surface area (Å²) < 4.78 is 0. The molecule has 2 aromatic rings. The Morgan fingerprint density at radius 3 is 2.21 bits per heavy atom. The van der Waals surface area contributed by atoms with Crippen LogP contribution < -0.4 is 0 Å². The Bertz CT molecular complexity index is 659. The van der Waals surface area contributed by atoms with Gasteiger partial charge in [-0.3, -0.25) is 4.79 Å². The molecule has 2 N–H and O–H groups in total. The molecule has 0 radical (unpaired) electrons. The lowest BCUT2D eigenvalue weighted by Gasteiger charge is -2.08. The van der Waals surface area contributed by atoms with Crippen molar-refractivity contribution in [2.24, 2.45) is 0 Å². The lowest BCUT2D eigenvalue weighted by atomic mass is 9.95. The third-order valence-corrected chi connectivity index (χ3v) is 2.87. The number of aryl methyl sites for hydroxylation is 1. The van der Waals surface area contributed by atoms with Crippen LogP contribution in [0.15, 0.2) is 42.5 Å². The van der Waals surface area contributed by atoms with Gasteiger partial charge in [0.1, 0.15) is 5.75 Å². The van der Waals surface area contributed by atoms with Crippen molar-refractivity contribution in [1.82, 2.24) is 0 Å². The van der Waals surface area contributed by atoms with Crippen LogP contribution in [0.4, 0.5) is 0 Å². The highest BCUT2D eigenvalue weighted by atomic mass is 16.4. The van der Waals surface area contributed by atoms with Crippen molar-refractivity contribution in [2.75, 3.05) is 0 Å². The molecule has 0 aliphatic rings. The van der Waals surface area contributed by atoms with Gasteiger partial charge in [-0.05, 0) is 30.7 Å². The summed E-state index contributed by atoms with van der Waals surface area (Å²) in [7, 11) is 0. The van der Waals surface area contributed by atoms with Crippen molar-refractivity contribution >= 4 is 11.8 Å². The zero-order chi connectivity index (χ0) is 14.0. The summed E-state index contributed by atoms with van der Waals surface area (Å²) in [5, 5.41) is 18.5. The second-order valence-corrected chi connectivity index (χ2v) is 4.18. The number of ketones is 1. The Morgan fingerprint density at radius 1 is 0.947 bits per heavy atom. The van der Waals surface area contributed by atoms with Crippen LogP contribution in [0, 0.1) is 6.92 Å². The van der Waals surface area contributed by atoms with E-state index in [-0.39, 0.29) is 16.9 Å². The number of aromatic carboxylic acids is 1. The maximum absolute atomic E-state index is 12.4. The number of phenols is 1. The van der Waals surface area contributed by atoms with Gasteiger partial charge >= 0.3 is 5.97 Å². The molecule has 0 unspecified atom stereocenters. The molecule has 0 heterocycles. The Kier molecular flexibility index (Phi) is 3.33. The third-order valence-electron chi connectivity index (χ3n) is 2.87. The van der Waals surface area contributed by atoms with Crippen LogP contribution in [-0.4, -0.2) is 22.0 Å². The number of hydrogen-bond donors (Lipinski definition) is 2. The third kappa shape index (κ3) is 2.47. The van der Waals surface area contributed by atoms with Crippen molar-refractivity contribution in [3.05, 3.63) is 64.7 Å². The van der Waals surface area contributed by atoms with Crippen molar-refractivity contribution in [1.29, 1.82) is 0 Å². The van der Waals surface area contributed by atoms with Gasteiger partial charge in [-0.1, -0.05) is 24.3 Å². The highest BCUT2D eigenvalue weighted by molar-refractivity contribution is 6.15. The molecule has 19 heavy (non-hydrogen) atoms. The Hall–Kier alpha value is -2.62. The summed E-state index contributed by atoms with van der Waals surface area (Å²) in [4.78, 5) is 23.5. The van der Waals surface area contributed by atoms with E-state index in [0.717, 1.165) is 0 Å². The molecule has 0 fully saturated rings. The standard InChI is InChI=1S/C15H12O4/c1-9-6-7-10(16)8-13(9)14(17)11-4-2-3-5-12(11)15(18)19/h2-8,16H,1H3,(H,18,19). The molecule has 0 bridgehead atoms. The van der Waals surface area contributed by atoms with Crippen molar-refractivity contribution in [3.63, 3.8) is 0 Å². The summed E-state index contributed by atoms with van der Waals surface area (Å²) in [6.07, 6.45) is 0. The van der Waals surface area contributed by atoms with Crippen LogP contribution in [0.25, 0.3) is 0 Å². The number of carbonyl (C=O) groups excluding carboxylic acids is 1. The van der Waals surface area contributed by atoms with Gasteiger partial charge in [0.15, 0.2) is 5.78 Å². The second kappa shape index (κ2) is 4.94. The van der Waals surface area contributed by atoms with Crippen LogP contribution in [0.3, 0.4) is 0 Å². The maximum Gasteiger partial charge on any atom is 0.336 e. The first kappa shape index (κ1) is 12.8. The maximum atomic E-state index is 12.4. The minimum Gasteiger partial charge on any atom is -0.508 e. The topological polar surface area (TPSA) is 74.6 Å². The van der Waals surface area contributed by atoms with Crippen molar-refractivity contribution in [2.45, 2.75) is 6.92 Å². The van der Waals surface area contributed by atoms with E-state index in [9.17, 15) is 14.7 Å². The van der Waals surface area contributed by atoms with E-state index in [2.05, 4.69) is 0 Å². The highest BCUT2D eigenvalue weighted by Gasteiger charge is 2.18. The molecule has 0 aliphatic heterocycles. The summed E-state index contributed by atoms with van der Waals surface area (Å²) >= 11 is 0. The van der Waals surface area contributed by atoms with Crippen LogP contribution in [-0.2, 0) is 0 Å². The molecule has 0 atom stereocenters. The number of aromatic hydroxyl groups is 1. The number of hydrogen-bond acceptors (Lipinski definition) is 3. The first-order valence-electron chi connectivity index (χ1n) is 5.67. The van der Waals surface area contributed by atoms with Gasteiger partial charge in [-0.2, -0.15) is 0 Å². The SMILES string of the molecule is Cc1ccc(O)cc1C(=O)c1ccccc1C(=O)O. The monoisotopic (exact) mass is 256 g/mol. The molecule has 0 saturated heterocycles. The van der Waals surface area contributed by atoms with Crippen molar-refractivity contribution in [3.8, 4) is 5.75 Å². The van der Waals surface area contributed by atoms with Gasteiger partial charge < -0.3 is 10.2 Å². The fourth-order valence-electron chi connectivity index (χ4n) is 1.87. The molecule has 96 valence electrons. The van der Waals surface area contributed by atoms with Gasteiger partial charge in [0, 0.05) is 11.1 Å². The van der Waals surface area contributed by atoms with Crippen molar-refractivity contribution < 1.29 is 19.8 Å². The first-order chi connectivity index (χ1) is 9.00. The Labute approximate surface area is 109 Å². The van der Waals surface area contributed by atoms with E-state index in [4.69, 9.17) is 5.11 Å². The molecule has 0 saturated carbocycles. The van der Waals surface area contributed by atoms with Gasteiger partial charge in [-0.15, -0.1) is 0 Å². The van der Waals surface area contributed by atoms with E-state index < -0.39 is 11.8 Å². The first-order valence-corrected chi connectivity index (χ1v) is 5.67. The van der Waals surface area contributed by atoms with E-state index >= 15 is 0 Å². The summed E-state index contributed by atoms with van der Waals surface area (Å²) in [5.74, 6) is -1.59. The quantitative estimate of drug-likeness (QED) is 0.828. The molecular weight excluding hydrogens is 244 g/mol. The van der Waals surface area contributed by atoms with Crippen LogP contribution in [0.2, 0.25) is 0 Å². The molecule has 2 rings (SSSR count). The highest BCUT2D eigenvalue weighted by Crippen LogP contribution is 2.21. The zero-order valence-electron chi connectivity index (χ0n) is 10.3. The average Bonchev–Trinajstić information content (AvgIpc) is 2.40. The second-order valence-electron chi connectivity index (χ2n) is 4.18. The molecule has 2 aromatic carbocycles. The van der Waals surface area contributed by atoms with E-state index in [1.165, 1.54) is 24.3 Å². The predicted octanol–water partition coefficient (Wildman–Crippen LogP) is 2.63. The lowest BCUT2D eigenvalue weighted by molar-refractivity contribution is 0.0693. The minimum atomic E-state index is -1.15.